The Hall–Kier alpha value is -3.15. The zero-order valence-corrected chi connectivity index (χ0v) is 15.6. The average molecular weight is 366 g/mol. The number of carbonyl (C=O) groups excluding carboxylic acids is 2. The first kappa shape index (κ1) is 18.6. The molecule has 2 aliphatic rings. The van der Waals surface area contributed by atoms with Gasteiger partial charge in [-0.3, -0.25) is 9.59 Å². The van der Waals surface area contributed by atoms with E-state index in [1.807, 2.05) is 25.1 Å². The molecular weight excluding hydrogens is 344 g/mol. The number of allylic oxidation sites excluding steroid dienone is 3. The van der Waals surface area contributed by atoms with Gasteiger partial charge in [0.05, 0.1) is 26.4 Å². The number of amides is 2. The van der Waals surface area contributed by atoms with Crippen LogP contribution < -0.4 is 14.8 Å². The van der Waals surface area contributed by atoms with Crippen molar-refractivity contribution in [2.75, 3.05) is 14.2 Å². The van der Waals surface area contributed by atoms with Crippen molar-refractivity contribution < 1.29 is 19.1 Å². The van der Waals surface area contributed by atoms with Crippen LogP contribution in [-0.4, -0.2) is 31.7 Å². The molecule has 0 aromatic heterocycles. The molecule has 0 saturated heterocycles. The number of carbonyl (C=O) groups is 2. The molecule has 6 heteroatoms. The summed E-state index contributed by atoms with van der Waals surface area (Å²) in [6.45, 7) is 2.02. The summed E-state index contributed by atoms with van der Waals surface area (Å²) < 4.78 is 10.5. The molecule has 1 unspecified atom stereocenters. The fourth-order valence-corrected chi connectivity index (χ4v) is 3.21. The Morgan fingerprint density at radius 1 is 1.19 bits per heavy atom. The van der Waals surface area contributed by atoms with Crippen molar-refractivity contribution in [3.05, 3.63) is 59.3 Å². The van der Waals surface area contributed by atoms with Gasteiger partial charge in [0.2, 0.25) is 5.91 Å². The number of benzene rings is 1. The molecule has 0 saturated carbocycles. The Balaban J connectivity index is 1.75. The topological polar surface area (TPSA) is 77.0 Å². The van der Waals surface area contributed by atoms with Crippen LogP contribution in [0.1, 0.15) is 18.9 Å². The van der Waals surface area contributed by atoms with Crippen molar-refractivity contribution in [1.82, 2.24) is 5.32 Å². The smallest absolute Gasteiger partial charge is 0.250 e. The summed E-state index contributed by atoms with van der Waals surface area (Å²) in [6, 6.07) is 5.34. The van der Waals surface area contributed by atoms with E-state index in [0.29, 0.717) is 17.2 Å². The number of methoxy groups -OCH3 is 2. The zero-order chi connectivity index (χ0) is 19.4. The van der Waals surface area contributed by atoms with E-state index < -0.39 is 0 Å². The second kappa shape index (κ2) is 8.03. The molecule has 1 aromatic carbocycles. The zero-order valence-electron chi connectivity index (χ0n) is 15.6. The van der Waals surface area contributed by atoms with Crippen molar-refractivity contribution in [3.8, 4) is 11.5 Å². The molecule has 2 amide bonds. The predicted molar refractivity (Wildman–Crippen MR) is 103 cm³/mol. The maximum atomic E-state index is 12.4. The van der Waals surface area contributed by atoms with Gasteiger partial charge in [0.1, 0.15) is 0 Å². The Kier molecular flexibility index (Phi) is 5.54. The normalized spacial score (nSPS) is 19.7. The van der Waals surface area contributed by atoms with Crippen molar-refractivity contribution in [2.24, 2.45) is 10.9 Å². The molecule has 1 aliphatic heterocycles. The quantitative estimate of drug-likeness (QED) is 0.869. The van der Waals surface area contributed by atoms with Crippen molar-refractivity contribution in [1.29, 1.82) is 0 Å². The number of rotatable bonds is 5. The lowest BCUT2D eigenvalue weighted by Crippen LogP contribution is -2.33. The number of aliphatic imine (C=N–C) groups is 1. The molecular formula is C21H22N2O4. The molecule has 1 atom stereocenters. The Bertz CT molecular complexity index is 893. The molecule has 1 heterocycles. The van der Waals surface area contributed by atoms with E-state index in [1.54, 1.807) is 38.5 Å². The number of hydrogen-bond donors (Lipinski definition) is 1. The number of nitrogens with one attached hydrogen (secondary N) is 1. The third kappa shape index (κ3) is 4.16. The van der Waals surface area contributed by atoms with Crippen molar-refractivity contribution >= 4 is 17.5 Å². The molecule has 0 bridgehead atoms. The lowest BCUT2D eigenvalue weighted by molar-refractivity contribution is -0.117. The van der Waals surface area contributed by atoms with Crippen LogP contribution in [-0.2, 0) is 16.0 Å². The first-order valence-corrected chi connectivity index (χ1v) is 8.77. The fourth-order valence-electron chi connectivity index (χ4n) is 3.21. The maximum absolute atomic E-state index is 12.4. The van der Waals surface area contributed by atoms with E-state index in [9.17, 15) is 9.59 Å². The van der Waals surface area contributed by atoms with Gasteiger partial charge in [0.25, 0.3) is 5.91 Å². The van der Waals surface area contributed by atoms with Gasteiger partial charge in [0.15, 0.2) is 11.5 Å². The van der Waals surface area contributed by atoms with Crippen LogP contribution in [0.5, 0.6) is 11.5 Å². The average Bonchev–Trinajstić information content (AvgIpc) is 2.66. The van der Waals surface area contributed by atoms with E-state index in [0.717, 1.165) is 23.3 Å². The largest absolute Gasteiger partial charge is 0.493 e. The molecule has 0 radical (unpaired) electrons. The van der Waals surface area contributed by atoms with E-state index in [1.165, 1.54) is 0 Å². The number of nitrogens with zero attached hydrogens (tertiary/aromatic N) is 1. The summed E-state index contributed by atoms with van der Waals surface area (Å²) in [4.78, 5) is 28.3. The van der Waals surface area contributed by atoms with Gasteiger partial charge in [-0.15, -0.1) is 0 Å². The van der Waals surface area contributed by atoms with Crippen molar-refractivity contribution in [2.45, 2.75) is 19.8 Å². The Labute approximate surface area is 158 Å². The van der Waals surface area contributed by atoms with Gasteiger partial charge >= 0.3 is 0 Å². The van der Waals surface area contributed by atoms with Gasteiger partial charge in [-0.2, -0.15) is 0 Å². The van der Waals surface area contributed by atoms with E-state index in [4.69, 9.17) is 9.47 Å². The number of ether oxygens (including phenoxy) is 2. The number of fused-ring (bicyclic) bond motifs is 1. The van der Waals surface area contributed by atoms with Crippen LogP contribution in [0.2, 0.25) is 0 Å². The molecule has 27 heavy (non-hydrogen) atoms. The molecule has 0 spiro atoms. The molecule has 1 aromatic rings. The first-order valence-electron chi connectivity index (χ1n) is 8.77. The summed E-state index contributed by atoms with van der Waals surface area (Å²) in [6.07, 6.45) is 8.13. The van der Waals surface area contributed by atoms with Crippen molar-refractivity contribution in [3.63, 3.8) is 0 Å². The monoisotopic (exact) mass is 366 g/mol. The minimum absolute atomic E-state index is 0.0487. The summed E-state index contributed by atoms with van der Waals surface area (Å²) in [5.41, 5.74) is 3.13. The highest BCUT2D eigenvalue weighted by Gasteiger charge is 2.25. The summed E-state index contributed by atoms with van der Waals surface area (Å²) in [7, 11) is 3.12. The maximum Gasteiger partial charge on any atom is 0.250 e. The van der Waals surface area contributed by atoms with Crippen LogP contribution in [0.25, 0.3) is 0 Å². The summed E-state index contributed by atoms with van der Waals surface area (Å²) in [5, 5.41) is 2.84. The molecule has 1 aliphatic carbocycles. The second-order valence-corrected chi connectivity index (χ2v) is 6.30. The number of hydrogen-bond acceptors (Lipinski definition) is 4. The van der Waals surface area contributed by atoms with Gasteiger partial charge in [-0.05, 0) is 36.3 Å². The highest BCUT2D eigenvalue weighted by molar-refractivity contribution is 6.11. The van der Waals surface area contributed by atoms with E-state index in [2.05, 4.69) is 10.3 Å². The SMILES string of the molecule is CCC1=CC(=O)NC2=CC(=NC(=O)Cc3ccc(OC)c(OC)c3)C=CC12. The van der Waals surface area contributed by atoms with E-state index >= 15 is 0 Å². The highest BCUT2D eigenvalue weighted by atomic mass is 16.5. The minimum atomic E-state index is -0.273. The van der Waals surface area contributed by atoms with Crippen LogP contribution in [0.15, 0.2) is 58.8 Å². The van der Waals surface area contributed by atoms with E-state index in [-0.39, 0.29) is 24.2 Å². The lowest BCUT2D eigenvalue weighted by atomic mass is 9.86. The molecule has 6 nitrogen and oxygen atoms in total. The van der Waals surface area contributed by atoms with Crippen LogP contribution in [0, 0.1) is 5.92 Å². The Morgan fingerprint density at radius 2 is 1.96 bits per heavy atom. The predicted octanol–water partition coefficient (Wildman–Crippen LogP) is 2.75. The standard InChI is InChI=1S/C21H22N2O4/c1-4-14-11-21(25)23-17-12-15(6-7-16(14)17)22-20(24)10-13-5-8-18(26-2)19(9-13)27-3/h5-9,11-12,16H,4,10H2,1-3H3,(H,23,25). The summed E-state index contributed by atoms with van der Waals surface area (Å²) >= 11 is 0. The van der Waals surface area contributed by atoms with Crippen LogP contribution in [0.4, 0.5) is 0 Å². The fraction of sp³-hybridized carbons (Fsp3) is 0.286. The summed E-state index contributed by atoms with van der Waals surface area (Å²) in [5.74, 6) is 0.819. The van der Waals surface area contributed by atoms with Gasteiger partial charge < -0.3 is 14.8 Å². The second-order valence-electron chi connectivity index (χ2n) is 6.30. The molecule has 0 fully saturated rings. The molecule has 140 valence electrons. The first-order chi connectivity index (χ1) is 13.0. The van der Waals surface area contributed by atoms with Gasteiger partial charge in [-0.1, -0.05) is 24.6 Å². The minimum Gasteiger partial charge on any atom is -0.493 e. The lowest BCUT2D eigenvalue weighted by Gasteiger charge is -2.26. The molecule has 1 N–H and O–H groups in total. The molecule has 3 rings (SSSR count). The Morgan fingerprint density at radius 3 is 2.67 bits per heavy atom. The van der Waals surface area contributed by atoms with Gasteiger partial charge in [0, 0.05) is 17.7 Å². The van der Waals surface area contributed by atoms with Crippen LogP contribution in [0.3, 0.4) is 0 Å². The third-order valence-electron chi connectivity index (χ3n) is 4.55. The van der Waals surface area contributed by atoms with Crippen LogP contribution >= 0.6 is 0 Å². The third-order valence-corrected chi connectivity index (χ3v) is 4.55. The highest BCUT2D eigenvalue weighted by Crippen LogP contribution is 2.29. The van der Waals surface area contributed by atoms with Gasteiger partial charge in [-0.25, -0.2) is 4.99 Å².